The summed E-state index contributed by atoms with van der Waals surface area (Å²) in [7, 11) is 0. The maximum atomic E-state index is 12.5. The van der Waals surface area contributed by atoms with E-state index in [1.165, 1.54) is 0 Å². The molecule has 1 saturated heterocycles. The van der Waals surface area contributed by atoms with Crippen LogP contribution in [0.25, 0.3) is 10.2 Å². The van der Waals surface area contributed by atoms with Crippen LogP contribution in [-0.2, 0) is 0 Å². The molecule has 34 heavy (non-hydrogen) atoms. The van der Waals surface area contributed by atoms with Crippen LogP contribution in [0.5, 0.6) is 0 Å². The molecular formula is C24H24ClN7OS. The summed E-state index contributed by atoms with van der Waals surface area (Å²) in [4.78, 5) is 25.6. The molecule has 1 aliphatic heterocycles. The smallest absolute Gasteiger partial charge is 0.251 e. The first-order valence-electron chi connectivity index (χ1n) is 11.1. The predicted molar refractivity (Wildman–Crippen MR) is 138 cm³/mol. The van der Waals surface area contributed by atoms with Gasteiger partial charge in [-0.1, -0.05) is 11.6 Å². The van der Waals surface area contributed by atoms with Crippen molar-refractivity contribution >= 4 is 62.2 Å². The minimum atomic E-state index is -0.0581. The van der Waals surface area contributed by atoms with E-state index in [-0.39, 0.29) is 5.91 Å². The van der Waals surface area contributed by atoms with Gasteiger partial charge in [-0.3, -0.25) is 4.79 Å². The Balaban J connectivity index is 1.22. The number of carbonyl (C=O) groups is 1. The quantitative estimate of drug-likeness (QED) is 0.288. The highest BCUT2D eigenvalue weighted by Gasteiger charge is 2.15. The minimum Gasteiger partial charge on any atom is -0.352 e. The molecule has 10 heteroatoms. The third-order valence-corrected chi connectivity index (χ3v) is 6.82. The average molecular weight is 494 g/mol. The summed E-state index contributed by atoms with van der Waals surface area (Å²) in [5.41, 5.74) is 5.03. The van der Waals surface area contributed by atoms with E-state index >= 15 is 0 Å². The second-order valence-corrected chi connectivity index (χ2v) is 9.45. The van der Waals surface area contributed by atoms with Crippen molar-refractivity contribution < 1.29 is 4.79 Å². The van der Waals surface area contributed by atoms with Crippen molar-refractivity contribution in [2.24, 2.45) is 5.92 Å². The number of anilines is 4. The monoisotopic (exact) mass is 493 g/mol. The van der Waals surface area contributed by atoms with E-state index in [1.54, 1.807) is 29.7 Å². The summed E-state index contributed by atoms with van der Waals surface area (Å²) in [5.74, 6) is 1.38. The summed E-state index contributed by atoms with van der Waals surface area (Å²) in [6.07, 6.45) is 3.74. The van der Waals surface area contributed by atoms with E-state index < -0.39 is 0 Å². The lowest BCUT2D eigenvalue weighted by molar-refractivity contribution is 0.0944. The van der Waals surface area contributed by atoms with Crippen molar-refractivity contribution in [3.8, 4) is 0 Å². The minimum absolute atomic E-state index is 0.0581. The van der Waals surface area contributed by atoms with E-state index in [4.69, 9.17) is 11.6 Å². The second-order valence-electron chi connectivity index (χ2n) is 8.16. The van der Waals surface area contributed by atoms with Crippen molar-refractivity contribution in [2.45, 2.75) is 12.8 Å². The van der Waals surface area contributed by atoms with Gasteiger partial charge in [-0.2, -0.15) is 4.98 Å². The standard InChI is InChI=1S/C24H24ClN7OS/c25-19-13-28-24(32-22(19)30-18-5-6-20-21(11-18)34-14-29-20)31-17-3-1-16(2-4-17)23(33)27-12-15-7-9-26-10-8-15/h1-6,11,13-15,26H,7-10,12H2,(H,27,33)(H2,28,30,31,32). The van der Waals surface area contributed by atoms with Gasteiger partial charge in [0, 0.05) is 23.5 Å². The molecule has 5 rings (SSSR count). The molecule has 0 bridgehead atoms. The van der Waals surface area contributed by atoms with E-state index in [1.807, 2.05) is 35.8 Å². The van der Waals surface area contributed by atoms with Crippen LogP contribution in [0.3, 0.4) is 0 Å². The number of carbonyl (C=O) groups excluding carboxylic acids is 1. The lowest BCUT2D eigenvalue weighted by Crippen LogP contribution is -2.35. The van der Waals surface area contributed by atoms with Gasteiger partial charge in [-0.25, -0.2) is 9.97 Å². The SMILES string of the molecule is O=C(NCC1CCNCC1)c1ccc(Nc2ncc(Cl)c(Nc3ccc4ncsc4c3)n2)cc1. The zero-order chi connectivity index (χ0) is 23.3. The third kappa shape index (κ3) is 5.44. The number of aromatic nitrogens is 3. The maximum absolute atomic E-state index is 12.5. The molecule has 4 N–H and O–H groups in total. The highest BCUT2D eigenvalue weighted by Crippen LogP contribution is 2.28. The molecule has 0 aliphatic carbocycles. The van der Waals surface area contributed by atoms with Crippen molar-refractivity contribution in [3.63, 3.8) is 0 Å². The van der Waals surface area contributed by atoms with Gasteiger partial charge in [0.25, 0.3) is 5.91 Å². The van der Waals surface area contributed by atoms with Crippen LogP contribution in [0.4, 0.5) is 23.1 Å². The normalized spacial score (nSPS) is 14.1. The Kier molecular flexibility index (Phi) is 6.84. The van der Waals surface area contributed by atoms with E-state index in [0.717, 1.165) is 47.5 Å². The fraction of sp³-hybridized carbons (Fsp3) is 0.250. The topological polar surface area (TPSA) is 104 Å². The number of piperidine rings is 1. The summed E-state index contributed by atoms with van der Waals surface area (Å²) >= 11 is 7.89. The van der Waals surface area contributed by atoms with Gasteiger partial charge in [-0.05, 0) is 74.3 Å². The van der Waals surface area contributed by atoms with Gasteiger partial charge in [0.15, 0.2) is 5.82 Å². The number of rotatable bonds is 7. The summed E-state index contributed by atoms with van der Waals surface area (Å²) < 4.78 is 1.08. The number of halogens is 1. The molecule has 1 fully saturated rings. The van der Waals surface area contributed by atoms with E-state index in [9.17, 15) is 4.79 Å². The molecule has 1 aliphatic rings. The number of nitrogens with one attached hydrogen (secondary N) is 4. The summed E-state index contributed by atoms with van der Waals surface area (Å²) in [5, 5.41) is 13.2. The molecule has 2 aromatic heterocycles. The molecule has 0 saturated carbocycles. The van der Waals surface area contributed by atoms with E-state index in [2.05, 4.69) is 36.2 Å². The zero-order valence-corrected chi connectivity index (χ0v) is 19.9. The molecule has 0 atom stereocenters. The molecule has 8 nitrogen and oxygen atoms in total. The summed E-state index contributed by atoms with van der Waals surface area (Å²) in [6, 6.07) is 13.1. The van der Waals surface area contributed by atoms with Gasteiger partial charge in [0.2, 0.25) is 5.95 Å². The zero-order valence-electron chi connectivity index (χ0n) is 18.3. The number of hydrogen-bond donors (Lipinski definition) is 4. The number of hydrogen-bond acceptors (Lipinski definition) is 8. The third-order valence-electron chi connectivity index (χ3n) is 5.75. The Morgan fingerprint density at radius 1 is 1.06 bits per heavy atom. The molecule has 2 aromatic carbocycles. The molecule has 0 spiro atoms. The van der Waals surface area contributed by atoms with Crippen LogP contribution in [0.15, 0.2) is 54.2 Å². The van der Waals surface area contributed by atoms with Crippen molar-refractivity contribution in [1.82, 2.24) is 25.6 Å². The lowest BCUT2D eigenvalue weighted by Gasteiger charge is -2.22. The van der Waals surface area contributed by atoms with Crippen molar-refractivity contribution in [3.05, 3.63) is 64.8 Å². The maximum Gasteiger partial charge on any atom is 0.251 e. The lowest BCUT2D eigenvalue weighted by atomic mass is 9.98. The first-order valence-corrected chi connectivity index (χ1v) is 12.4. The first-order chi connectivity index (χ1) is 16.6. The first kappa shape index (κ1) is 22.5. The van der Waals surface area contributed by atoms with Crippen molar-refractivity contribution in [2.75, 3.05) is 30.3 Å². The van der Waals surface area contributed by atoms with Gasteiger partial charge < -0.3 is 21.3 Å². The highest BCUT2D eigenvalue weighted by molar-refractivity contribution is 7.16. The number of thiazole rings is 1. The van der Waals surface area contributed by atoms with Crippen molar-refractivity contribution in [1.29, 1.82) is 0 Å². The Morgan fingerprint density at radius 2 is 1.85 bits per heavy atom. The molecule has 1 amide bonds. The Labute approximate surface area is 206 Å². The highest BCUT2D eigenvalue weighted by atomic mass is 35.5. The van der Waals surface area contributed by atoms with Crippen LogP contribution in [0, 0.1) is 5.92 Å². The van der Waals surface area contributed by atoms with Gasteiger partial charge in [-0.15, -0.1) is 11.3 Å². The fourth-order valence-electron chi connectivity index (χ4n) is 3.84. The van der Waals surface area contributed by atoms with Crippen LogP contribution in [0.1, 0.15) is 23.2 Å². The fourth-order valence-corrected chi connectivity index (χ4v) is 4.70. The second kappa shape index (κ2) is 10.3. The summed E-state index contributed by atoms with van der Waals surface area (Å²) in [6.45, 7) is 2.75. The Morgan fingerprint density at radius 3 is 2.68 bits per heavy atom. The van der Waals surface area contributed by atoms with E-state index in [0.29, 0.717) is 34.8 Å². The average Bonchev–Trinajstić information content (AvgIpc) is 3.34. The Hall–Kier alpha value is -3.27. The number of nitrogens with zero attached hydrogens (tertiary/aromatic N) is 3. The molecule has 0 unspecified atom stereocenters. The number of benzene rings is 2. The molecule has 3 heterocycles. The number of fused-ring (bicyclic) bond motifs is 1. The van der Waals surface area contributed by atoms with Gasteiger partial charge in [0.05, 0.1) is 21.9 Å². The molecule has 0 radical (unpaired) electrons. The van der Waals surface area contributed by atoms with Crippen LogP contribution in [-0.4, -0.2) is 40.5 Å². The molecule has 4 aromatic rings. The largest absolute Gasteiger partial charge is 0.352 e. The molecule has 174 valence electrons. The van der Waals surface area contributed by atoms with Gasteiger partial charge in [0.1, 0.15) is 5.02 Å². The predicted octanol–water partition coefficient (Wildman–Crippen LogP) is 4.96. The van der Waals surface area contributed by atoms with Crippen LogP contribution < -0.4 is 21.3 Å². The van der Waals surface area contributed by atoms with Crippen LogP contribution >= 0.6 is 22.9 Å². The van der Waals surface area contributed by atoms with Gasteiger partial charge >= 0.3 is 0 Å². The number of amides is 1. The Bertz CT molecular complexity index is 1290. The molecular weight excluding hydrogens is 470 g/mol. The van der Waals surface area contributed by atoms with Crippen LogP contribution in [0.2, 0.25) is 5.02 Å².